The van der Waals surface area contributed by atoms with Gasteiger partial charge in [-0.2, -0.15) is 0 Å². The topological polar surface area (TPSA) is 89.8 Å². The summed E-state index contributed by atoms with van der Waals surface area (Å²) in [6.07, 6.45) is 5.03. The van der Waals surface area contributed by atoms with Gasteiger partial charge in [-0.15, -0.1) is 0 Å². The number of para-hydroxylation sites is 1. The van der Waals surface area contributed by atoms with E-state index in [-0.39, 0.29) is 11.6 Å². The Bertz CT molecular complexity index is 1130. The third-order valence-corrected chi connectivity index (χ3v) is 4.08. The van der Waals surface area contributed by atoms with Gasteiger partial charge in [-0.3, -0.25) is 14.2 Å². The van der Waals surface area contributed by atoms with Crippen molar-refractivity contribution in [2.75, 3.05) is 5.32 Å². The summed E-state index contributed by atoms with van der Waals surface area (Å²) in [6, 6.07) is 14.1. The molecule has 0 saturated heterocycles. The smallest absolute Gasteiger partial charge is 0.293 e. The van der Waals surface area contributed by atoms with Crippen molar-refractivity contribution in [3.8, 4) is 5.82 Å². The molecular formula is C20H15N5O2. The number of amides is 1. The number of rotatable bonds is 4. The van der Waals surface area contributed by atoms with Crippen molar-refractivity contribution in [3.63, 3.8) is 0 Å². The van der Waals surface area contributed by atoms with E-state index in [0.29, 0.717) is 22.6 Å². The summed E-state index contributed by atoms with van der Waals surface area (Å²) in [4.78, 5) is 36.9. The molecule has 2 aromatic heterocycles. The second-order valence-corrected chi connectivity index (χ2v) is 5.95. The zero-order valence-electron chi connectivity index (χ0n) is 14.5. The van der Waals surface area contributed by atoms with Gasteiger partial charge in [0.25, 0.3) is 5.91 Å². The van der Waals surface area contributed by atoms with E-state index in [1.807, 2.05) is 24.3 Å². The van der Waals surface area contributed by atoms with Gasteiger partial charge < -0.3 is 5.32 Å². The van der Waals surface area contributed by atoms with Crippen LogP contribution in [0.1, 0.15) is 27.9 Å². The molecule has 0 unspecified atom stereocenters. The number of ketones is 1. The largest absolute Gasteiger partial charge is 0.319 e. The summed E-state index contributed by atoms with van der Waals surface area (Å²) in [6.45, 7) is 1.49. The van der Waals surface area contributed by atoms with Crippen LogP contribution in [0.15, 0.2) is 67.3 Å². The van der Waals surface area contributed by atoms with Gasteiger partial charge in [-0.1, -0.05) is 12.1 Å². The Morgan fingerprint density at radius 3 is 2.48 bits per heavy atom. The molecule has 0 atom stereocenters. The third-order valence-electron chi connectivity index (χ3n) is 4.08. The molecule has 4 rings (SSSR count). The van der Waals surface area contributed by atoms with Crippen molar-refractivity contribution >= 4 is 28.3 Å². The molecule has 7 heteroatoms. The first kappa shape index (κ1) is 16.6. The van der Waals surface area contributed by atoms with Crippen LogP contribution in [0.25, 0.3) is 16.7 Å². The maximum Gasteiger partial charge on any atom is 0.293 e. The maximum atomic E-state index is 12.7. The fourth-order valence-corrected chi connectivity index (χ4v) is 2.72. The van der Waals surface area contributed by atoms with Crippen molar-refractivity contribution in [3.05, 3.63) is 78.6 Å². The van der Waals surface area contributed by atoms with Crippen molar-refractivity contribution < 1.29 is 9.59 Å². The molecule has 0 aliphatic rings. The van der Waals surface area contributed by atoms with Gasteiger partial charge in [0.1, 0.15) is 12.1 Å². The molecule has 0 fully saturated rings. The molecule has 27 heavy (non-hydrogen) atoms. The third kappa shape index (κ3) is 3.30. The predicted molar refractivity (Wildman–Crippen MR) is 101 cm³/mol. The number of benzene rings is 2. The number of nitrogens with zero attached hydrogens (tertiary/aromatic N) is 4. The molecule has 0 spiro atoms. The van der Waals surface area contributed by atoms with Crippen LogP contribution >= 0.6 is 0 Å². The van der Waals surface area contributed by atoms with Crippen LogP contribution in [0.5, 0.6) is 0 Å². The molecule has 0 aliphatic heterocycles. The Kier molecular flexibility index (Phi) is 4.18. The number of hydrogen-bond donors (Lipinski definition) is 1. The van der Waals surface area contributed by atoms with Crippen molar-refractivity contribution in [2.45, 2.75) is 6.92 Å². The summed E-state index contributed by atoms with van der Waals surface area (Å²) in [7, 11) is 0. The molecule has 1 amide bonds. The minimum absolute atomic E-state index is 0.0317. The number of fused-ring (bicyclic) bond motifs is 1. The number of Topliss-reactive ketones (excluding diaryl/α,β-unsaturated/α-hetero) is 1. The first-order chi connectivity index (χ1) is 13.1. The number of nitrogens with one attached hydrogen (secondary N) is 1. The lowest BCUT2D eigenvalue weighted by Crippen LogP contribution is -2.17. The van der Waals surface area contributed by atoms with Crippen LogP contribution in [0.3, 0.4) is 0 Å². The molecule has 0 radical (unpaired) electrons. The number of hydrogen-bond acceptors (Lipinski definition) is 5. The zero-order chi connectivity index (χ0) is 18.8. The average Bonchev–Trinajstić information content (AvgIpc) is 3.22. The Labute approximate surface area is 154 Å². The normalized spacial score (nSPS) is 10.7. The molecule has 2 aromatic carbocycles. The van der Waals surface area contributed by atoms with E-state index in [1.165, 1.54) is 6.92 Å². The number of carbonyl (C=O) groups is 2. The van der Waals surface area contributed by atoms with E-state index in [4.69, 9.17) is 0 Å². The first-order valence-corrected chi connectivity index (χ1v) is 8.29. The Balaban J connectivity index is 1.70. The van der Waals surface area contributed by atoms with Crippen molar-refractivity contribution in [1.82, 2.24) is 19.5 Å². The number of aromatic nitrogens is 4. The molecule has 7 nitrogen and oxygen atoms in total. The molecular weight excluding hydrogens is 342 g/mol. The van der Waals surface area contributed by atoms with Gasteiger partial charge in [0.2, 0.25) is 5.82 Å². The molecule has 4 aromatic rings. The van der Waals surface area contributed by atoms with Crippen LogP contribution in [0.2, 0.25) is 0 Å². The van der Waals surface area contributed by atoms with Gasteiger partial charge in [-0.05, 0) is 43.3 Å². The van der Waals surface area contributed by atoms with Crippen LogP contribution in [-0.4, -0.2) is 31.2 Å². The van der Waals surface area contributed by atoms with E-state index in [1.54, 1.807) is 47.6 Å². The van der Waals surface area contributed by atoms with Crippen LogP contribution in [0, 0.1) is 0 Å². The van der Waals surface area contributed by atoms with E-state index >= 15 is 0 Å². The number of carbonyl (C=O) groups excluding carboxylic acids is 2. The summed E-state index contributed by atoms with van der Waals surface area (Å²) in [5.41, 5.74) is 1.80. The predicted octanol–water partition coefficient (Wildman–Crippen LogP) is 3.27. The lowest BCUT2D eigenvalue weighted by molar-refractivity contribution is 0.101. The summed E-state index contributed by atoms with van der Waals surface area (Å²) in [5.74, 6) is 0.164. The van der Waals surface area contributed by atoms with Gasteiger partial charge in [0.05, 0.1) is 5.52 Å². The minimum Gasteiger partial charge on any atom is -0.319 e. The lowest BCUT2D eigenvalue weighted by Gasteiger charge is -2.09. The van der Waals surface area contributed by atoms with Crippen molar-refractivity contribution in [1.29, 1.82) is 0 Å². The van der Waals surface area contributed by atoms with E-state index in [9.17, 15) is 9.59 Å². The summed E-state index contributed by atoms with van der Waals surface area (Å²) < 4.78 is 1.74. The van der Waals surface area contributed by atoms with Crippen molar-refractivity contribution in [2.24, 2.45) is 0 Å². The second kappa shape index (κ2) is 6.80. The average molecular weight is 357 g/mol. The zero-order valence-corrected chi connectivity index (χ0v) is 14.5. The molecule has 0 aliphatic carbocycles. The maximum absolute atomic E-state index is 12.7. The standard InChI is InChI=1S/C20H15N5O2/c1-13(26)14-6-8-15(9-7-14)22-20(27)18-23-17-5-3-2-4-16(17)19(24-18)25-11-10-21-12-25/h2-12H,1H3,(H,22,27). The SMILES string of the molecule is CC(=O)c1ccc(NC(=O)c2nc(-n3ccnc3)c3ccccc3n2)cc1. The molecule has 0 bridgehead atoms. The number of anilines is 1. The molecule has 1 N–H and O–H groups in total. The van der Waals surface area contributed by atoms with Gasteiger partial charge in [0, 0.05) is 29.0 Å². The minimum atomic E-state index is -0.433. The summed E-state index contributed by atoms with van der Waals surface area (Å²) >= 11 is 0. The fourth-order valence-electron chi connectivity index (χ4n) is 2.72. The van der Waals surface area contributed by atoms with Crippen LogP contribution < -0.4 is 5.32 Å². The second-order valence-electron chi connectivity index (χ2n) is 5.95. The van der Waals surface area contributed by atoms with Gasteiger partial charge in [-0.25, -0.2) is 15.0 Å². The molecule has 0 saturated carbocycles. The van der Waals surface area contributed by atoms with Gasteiger partial charge in [0.15, 0.2) is 5.78 Å². The van der Waals surface area contributed by atoms with Crippen LogP contribution in [-0.2, 0) is 0 Å². The Morgan fingerprint density at radius 2 is 1.78 bits per heavy atom. The highest BCUT2D eigenvalue weighted by atomic mass is 16.2. The highest BCUT2D eigenvalue weighted by Crippen LogP contribution is 2.20. The molecule has 132 valence electrons. The summed E-state index contributed by atoms with van der Waals surface area (Å²) in [5, 5.41) is 3.58. The fraction of sp³-hybridized carbons (Fsp3) is 0.0500. The van der Waals surface area contributed by atoms with E-state index in [2.05, 4.69) is 20.3 Å². The monoisotopic (exact) mass is 357 g/mol. The highest BCUT2D eigenvalue weighted by molar-refractivity contribution is 6.03. The van der Waals surface area contributed by atoms with Gasteiger partial charge >= 0.3 is 0 Å². The first-order valence-electron chi connectivity index (χ1n) is 8.29. The van der Waals surface area contributed by atoms with Crippen LogP contribution in [0.4, 0.5) is 5.69 Å². The molecule has 2 heterocycles. The van der Waals surface area contributed by atoms with E-state index < -0.39 is 5.91 Å². The highest BCUT2D eigenvalue weighted by Gasteiger charge is 2.15. The Morgan fingerprint density at radius 1 is 1.00 bits per heavy atom. The van der Waals surface area contributed by atoms with E-state index in [0.717, 1.165) is 5.39 Å². The lowest BCUT2D eigenvalue weighted by atomic mass is 10.1. The quantitative estimate of drug-likeness (QED) is 0.566. The number of imidazole rings is 1. The Hall–Kier alpha value is -3.87.